The van der Waals surface area contributed by atoms with Gasteiger partial charge in [0.25, 0.3) is 11.7 Å². The van der Waals surface area contributed by atoms with E-state index in [0.29, 0.717) is 47.1 Å². The summed E-state index contributed by atoms with van der Waals surface area (Å²) in [5.41, 5.74) is 3.47. The van der Waals surface area contributed by atoms with Crippen LogP contribution in [0.4, 0.5) is 5.82 Å². The van der Waals surface area contributed by atoms with Crippen molar-refractivity contribution in [1.82, 2.24) is 9.29 Å². The molecule has 39 heavy (non-hydrogen) atoms. The molecule has 3 aliphatic rings. The normalized spacial score (nSPS) is 22.9. The highest BCUT2D eigenvalue weighted by molar-refractivity contribution is 7.92. The summed E-state index contributed by atoms with van der Waals surface area (Å²) in [6, 6.07) is 10.4. The Morgan fingerprint density at radius 2 is 2.05 bits per heavy atom. The molecule has 0 aliphatic carbocycles. The molecule has 0 bridgehead atoms. The number of hydrogen-bond donors (Lipinski definition) is 2. The molecule has 2 aromatic rings. The van der Waals surface area contributed by atoms with Crippen LogP contribution in [-0.2, 0) is 16.4 Å². The topological polar surface area (TPSA) is 130 Å². The number of amidine groups is 1. The number of allylic oxidation sites excluding steroid dienone is 1. The number of hydrogen-bond acceptors (Lipinski definition) is 7. The second kappa shape index (κ2) is 10.8. The van der Waals surface area contributed by atoms with Crippen molar-refractivity contribution in [2.75, 3.05) is 11.9 Å². The van der Waals surface area contributed by atoms with Gasteiger partial charge in [-0.1, -0.05) is 26.3 Å². The number of nitrogens with two attached hydrogens (primary N) is 1. The zero-order valence-electron chi connectivity index (χ0n) is 21.8. The first-order chi connectivity index (χ1) is 18.8. The van der Waals surface area contributed by atoms with Crippen LogP contribution in [0.3, 0.4) is 0 Å². The summed E-state index contributed by atoms with van der Waals surface area (Å²) in [4.78, 5) is 26.3. The second-order valence-corrected chi connectivity index (χ2v) is 11.6. The predicted molar refractivity (Wildman–Crippen MR) is 152 cm³/mol. The van der Waals surface area contributed by atoms with E-state index in [9.17, 15) is 13.2 Å². The Balaban J connectivity index is 1.44. The number of carbonyl (C=O) groups is 1. The van der Waals surface area contributed by atoms with Gasteiger partial charge in [-0.3, -0.25) is 9.79 Å². The number of benzene rings is 1. The van der Waals surface area contributed by atoms with Gasteiger partial charge in [0.05, 0.1) is 24.0 Å². The van der Waals surface area contributed by atoms with Crippen molar-refractivity contribution in [3.63, 3.8) is 0 Å². The fraction of sp³-hybridized carbons (Fsp3) is 0.286. The van der Waals surface area contributed by atoms with E-state index >= 15 is 0 Å². The summed E-state index contributed by atoms with van der Waals surface area (Å²) in [7, 11) is -3.66. The minimum Gasteiger partial charge on any atom is -0.307 e. The van der Waals surface area contributed by atoms with Gasteiger partial charge in [0.15, 0.2) is 0 Å². The van der Waals surface area contributed by atoms with Gasteiger partial charge in [-0.25, -0.2) is 13.4 Å². The van der Waals surface area contributed by atoms with Gasteiger partial charge in [0.2, 0.25) is 15.7 Å². The van der Waals surface area contributed by atoms with Gasteiger partial charge in [0, 0.05) is 23.7 Å². The predicted octanol–water partition coefficient (Wildman–Crippen LogP) is 3.83. The van der Waals surface area contributed by atoms with E-state index in [1.165, 1.54) is 4.31 Å². The average Bonchev–Trinajstić information content (AvgIpc) is 3.26. The molecule has 10 nitrogen and oxygen atoms in total. The summed E-state index contributed by atoms with van der Waals surface area (Å²) in [5.74, 6) is 7.61. The maximum atomic E-state index is 12.9. The Morgan fingerprint density at radius 1 is 1.26 bits per heavy atom. The lowest BCUT2D eigenvalue weighted by Crippen LogP contribution is -2.53. The zero-order chi connectivity index (χ0) is 27.6. The van der Waals surface area contributed by atoms with Crippen molar-refractivity contribution in [2.24, 2.45) is 15.8 Å². The lowest BCUT2D eigenvalue weighted by atomic mass is 10.0. The van der Waals surface area contributed by atoms with Crippen molar-refractivity contribution in [1.29, 1.82) is 0 Å². The fourth-order valence-corrected chi connectivity index (χ4v) is 6.31. The molecule has 11 heteroatoms. The standard InChI is InChI=1S/C28H31N7O3S/c1-3-7-20-13-14-31-25(18-20)32-28(36)22-11-9-21(10-12-22)27-33-26(24-19-30-15-17-35(24,27)29)23-8-5-6-16-34(23)39(37,38)4-2/h4,9-15,17-19,23H,2-3,5-8,16,29H2,1H3/p+1. The molecule has 3 N–H and O–H groups in total. The molecule has 0 radical (unpaired) electrons. The number of anilines is 1. The van der Waals surface area contributed by atoms with E-state index in [1.54, 1.807) is 49.1 Å². The molecule has 2 atom stereocenters. The molecule has 0 spiro atoms. The summed E-state index contributed by atoms with van der Waals surface area (Å²) in [5, 5.41) is 3.84. The number of amides is 1. The first kappa shape index (κ1) is 26.8. The van der Waals surface area contributed by atoms with Crippen molar-refractivity contribution in [2.45, 2.75) is 45.1 Å². The van der Waals surface area contributed by atoms with Gasteiger partial charge < -0.3 is 5.32 Å². The van der Waals surface area contributed by atoms with Crippen LogP contribution in [0.2, 0.25) is 0 Å². The SMILES string of the molecule is C=CS(=O)(=O)N1CCCCC1C1=C2C=NC=C[N+]2(N)C(c2ccc(C(=O)Nc3cc(CCC)ccn3)cc2)=N1. The number of piperidine rings is 1. The van der Waals surface area contributed by atoms with Crippen LogP contribution in [0.15, 0.2) is 88.4 Å². The maximum absolute atomic E-state index is 12.9. The van der Waals surface area contributed by atoms with Crippen molar-refractivity contribution < 1.29 is 17.8 Å². The van der Waals surface area contributed by atoms with Crippen molar-refractivity contribution in [3.05, 3.63) is 95.1 Å². The van der Waals surface area contributed by atoms with E-state index in [-0.39, 0.29) is 10.5 Å². The Bertz CT molecular complexity index is 1530. The van der Waals surface area contributed by atoms with Crippen LogP contribution >= 0.6 is 0 Å². The lowest BCUT2D eigenvalue weighted by molar-refractivity contribution is -0.750. The molecular formula is C28H32N7O3S+. The molecular weight excluding hydrogens is 514 g/mol. The lowest BCUT2D eigenvalue weighted by Gasteiger charge is -2.33. The zero-order valence-corrected chi connectivity index (χ0v) is 22.6. The summed E-state index contributed by atoms with van der Waals surface area (Å²) >= 11 is 0. The Kier molecular flexibility index (Phi) is 7.41. The number of sulfonamides is 1. The van der Waals surface area contributed by atoms with Crippen LogP contribution in [0.25, 0.3) is 0 Å². The smallest absolute Gasteiger partial charge is 0.264 e. The van der Waals surface area contributed by atoms with Gasteiger partial charge in [0.1, 0.15) is 17.7 Å². The molecule has 0 saturated carbocycles. The van der Waals surface area contributed by atoms with Gasteiger partial charge >= 0.3 is 0 Å². The molecule has 1 aromatic heterocycles. The minimum absolute atomic E-state index is 0.239. The third-order valence-corrected chi connectivity index (χ3v) is 8.65. The molecule has 5 rings (SSSR count). The number of aryl methyl sites for hydroxylation is 1. The molecule has 4 heterocycles. The van der Waals surface area contributed by atoms with Crippen LogP contribution in [0, 0.1) is 0 Å². The second-order valence-electron chi connectivity index (χ2n) is 9.72. The number of fused-ring (bicyclic) bond motifs is 1. The van der Waals surface area contributed by atoms with Crippen molar-refractivity contribution in [3.8, 4) is 0 Å². The highest BCUT2D eigenvalue weighted by atomic mass is 32.2. The fourth-order valence-electron chi connectivity index (χ4n) is 5.18. The first-order valence-corrected chi connectivity index (χ1v) is 14.5. The molecule has 2 unspecified atom stereocenters. The Morgan fingerprint density at radius 3 is 2.79 bits per heavy atom. The number of nitrogens with one attached hydrogen (secondary N) is 1. The number of rotatable bonds is 8. The van der Waals surface area contributed by atoms with Gasteiger partial charge in [-0.2, -0.15) is 15.1 Å². The molecule has 3 aliphatic heterocycles. The third-order valence-electron chi connectivity index (χ3n) is 7.14. The molecule has 1 amide bonds. The monoisotopic (exact) mass is 546 g/mol. The van der Waals surface area contributed by atoms with Crippen LogP contribution in [-0.4, -0.2) is 52.8 Å². The molecule has 1 saturated heterocycles. The number of carbonyl (C=O) groups excluding carboxylic acids is 1. The van der Waals surface area contributed by atoms with Crippen molar-refractivity contribution >= 4 is 33.8 Å². The number of pyridine rings is 1. The van der Waals surface area contributed by atoms with Crippen LogP contribution < -0.4 is 11.2 Å². The minimum atomic E-state index is -3.66. The molecule has 202 valence electrons. The summed E-state index contributed by atoms with van der Waals surface area (Å²) in [6.45, 7) is 5.99. The summed E-state index contributed by atoms with van der Waals surface area (Å²) in [6.07, 6.45) is 10.8. The maximum Gasteiger partial charge on any atom is 0.264 e. The van der Waals surface area contributed by atoms with Gasteiger partial charge in [-0.05, 0) is 61.2 Å². The molecule has 1 aromatic carbocycles. The van der Waals surface area contributed by atoms with Crippen LogP contribution in [0.1, 0.15) is 54.1 Å². The van der Waals surface area contributed by atoms with E-state index in [1.807, 2.05) is 12.1 Å². The van der Waals surface area contributed by atoms with E-state index in [2.05, 4.69) is 28.8 Å². The quantitative estimate of drug-likeness (QED) is 0.384. The largest absolute Gasteiger partial charge is 0.307 e. The Labute approximate surface area is 228 Å². The number of aliphatic imine (C=N–C) groups is 2. The van der Waals surface area contributed by atoms with E-state index < -0.39 is 16.1 Å². The van der Waals surface area contributed by atoms with E-state index in [0.717, 1.165) is 36.7 Å². The first-order valence-electron chi connectivity index (χ1n) is 13.0. The third kappa shape index (κ3) is 5.13. The number of quaternary nitrogens is 1. The van der Waals surface area contributed by atoms with Gasteiger partial charge in [-0.15, -0.1) is 4.59 Å². The Hall–Kier alpha value is -3.77. The van der Waals surface area contributed by atoms with E-state index in [4.69, 9.17) is 10.8 Å². The highest BCUT2D eigenvalue weighted by Crippen LogP contribution is 2.37. The highest BCUT2D eigenvalue weighted by Gasteiger charge is 2.48. The van der Waals surface area contributed by atoms with Crippen LogP contribution in [0.5, 0.6) is 0 Å². The number of nitrogens with zero attached hydrogens (tertiary/aromatic N) is 5. The summed E-state index contributed by atoms with van der Waals surface area (Å²) < 4.78 is 26.8. The average molecular weight is 547 g/mol. The number of aromatic nitrogens is 1. The molecule has 1 fully saturated rings.